The van der Waals surface area contributed by atoms with Crippen LogP contribution in [0.3, 0.4) is 0 Å². The molecule has 1 aromatic carbocycles. The summed E-state index contributed by atoms with van der Waals surface area (Å²) in [5.41, 5.74) is 4.02. The van der Waals surface area contributed by atoms with Crippen LogP contribution in [0.25, 0.3) is 0 Å². The normalized spacial score (nSPS) is 12.4. The minimum absolute atomic E-state index is 0.288. The maximum Gasteiger partial charge on any atom is 0.123 e. The van der Waals surface area contributed by atoms with Crippen molar-refractivity contribution in [3.63, 3.8) is 0 Å². The highest BCUT2D eigenvalue weighted by molar-refractivity contribution is 6.34. The Hall–Kier alpha value is -1.20. The van der Waals surface area contributed by atoms with Gasteiger partial charge in [0.05, 0.1) is 21.8 Å². The maximum absolute atomic E-state index is 13.1. The van der Waals surface area contributed by atoms with Crippen molar-refractivity contribution in [2.75, 3.05) is 0 Å². The molecule has 100 valence electrons. The molecule has 1 unspecified atom stereocenters. The lowest BCUT2D eigenvalue weighted by molar-refractivity contribution is 0.536. The highest BCUT2D eigenvalue weighted by atomic mass is 35.5. The fourth-order valence-corrected chi connectivity index (χ4v) is 2.33. The summed E-state index contributed by atoms with van der Waals surface area (Å²) < 4.78 is 13.1. The Balaban J connectivity index is 2.25. The summed E-state index contributed by atoms with van der Waals surface area (Å²) in [5.74, 6) is 5.23. The lowest BCUT2D eigenvalue weighted by Gasteiger charge is -2.16. The largest absolute Gasteiger partial charge is 0.271 e. The van der Waals surface area contributed by atoms with Crippen molar-refractivity contribution in [3.8, 4) is 0 Å². The number of aromatic nitrogens is 1. The van der Waals surface area contributed by atoms with Crippen LogP contribution >= 0.6 is 23.2 Å². The van der Waals surface area contributed by atoms with Crippen LogP contribution < -0.4 is 11.3 Å². The third-order valence-electron chi connectivity index (χ3n) is 2.70. The van der Waals surface area contributed by atoms with E-state index < -0.39 is 0 Å². The van der Waals surface area contributed by atoms with E-state index in [0.29, 0.717) is 22.2 Å². The Bertz CT molecular complexity index is 578. The van der Waals surface area contributed by atoms with Gasteiger partial charge in [-0.3, -0.25) is 16.3 Å². The summed E-state index contributed by atoms with van der Waals surface area (Å²) in [4.78, 5) is 4.17. The van der Waals surface area contributed by atoms with Crippen LogP contribution in [0.4, 0.5) is 4.39 Å². The number of nitrogens with zero attached hydrogens (tertiary/aromatic N) is 1. The molecule has 2 aromatic rings. The van der Waals surface area contributed by atoms with Crippen LogP contribution in [0.1, 0.15) is 17.3 Å². The Morgan fingerprint density at radius 2 is 2.11 bits per heavy atom. The van der Waals surface area contributed by atoms with E-state index >= 15 is 0 Å². The number of nitrogens with one attached hydrogen (secondary N) is 1. The van der Waals surface area contributed by atoms with Crippen LogP contribution in [0.5, 0.6) is 0 Å². The number of halogens is 3. The van der Waals surface area contributed by atoms with Gasteiger partial charge in [-0.2, -0.15) is 0 Å². The molecule has 0 fully saturated rings. The fraction of sp³-hybridized carbons (Fsp3) is 0.154. The van der Waals surface area contributed by atoms with E-state index in [2.05, 4.69) is 10.4 Å². The third kappa shape index (κ3) is 3.64. The summed E-state index contributed by atoms with van der Waals surface area (Å²) in [7, 11) is 0. The van der Waals surface area contributed by atoms with E-state index in [1.54, 1.807) is 12.1 Å². The molecule has 0 aliphatic heterocycles. The highest BCUT2D eigenvalue weighted by Crippen LogP contribution is 2.25. The second kappa shape index (κ2) is 6.30. The topological polar surface area (TPSA) is 50.9 Å². The highest BCUT2D eigenvalue weighted by Gasteiger charge is 2.16. The Morgan fingerprint density at radius 1 is 1.32 bits per heavy atom. The molecule has 1 aromatic heterocycles. The van der Waals surface area contributed by atoms with Gasteiger partial charge < -0.3 is 0 Å². The summed E-state index contributed by atoms with van der Waals surface area (Å²) in [5, 5.41) is 0.877. The Kier molecular flexibility index (Phi) is 4.71. The predicted octanol–water partition coefficient (Wildman–Crippen LogP) is 3.27. The van der Waals surface area contributed by atoms with Crippen molar-refractivity contribution in [1.29, 1.82) is 0 Å². The van der Waals surface area contributed by atoms with Crippen LogP contribution in [0, 0.1) is 5.82 Å². The van der Waals surface area contributed by atoms with Crippen LogP contribution in [-0.2, 0) is 6.42 Å². The zero-order valence-corrected chi connectivity index (χ0v) is 11.4. The molecule has 0 spiro atoms. The summed E-state index contributed by atoms with van der Waals surface area (Å²) in [6, 6.07) is 7.59. The molecule has 0 bridgehead atoms. The molecular formula is C13H12Cl2FN3. The van der Waals surface area contributed by atoms with Gasteiger partial charge in [0.15, 0.2) is 0 Å². The van der Waals surface area contributed by atoms with Crippen molar-refractivity contribution < 1.29 is 4.39 Å². The van der Waals surface area contributed by atoms with Crippen molar-refractivity contribution >= 4 is 23.2 Å². The van der Waals surface area contributed by atoms with E-state index in [0.717, 1.165) is 5.56 Å². The molecule has 6 heteroatoms. The average Bonchev–Trinajstić information content (AvgIpc) is 2.37. The van der Waals surface area contributed by atoms with E-state index in [-0.39, 0.29) is 11.9 Å². The predicted molar refractivity (Wildman–Crippen MR) is 74.4 cm³/mol. The summed E-state index contributed by atoms with van der Waals surface area (Å²) >= 11 is 11.9. The molecule has 3 N–H and O–H groups in total. The van der Waals surface area contributed by atoms with Crippen molar-refractivity contribution in [1.82, 2.24) is 10.4 Å². The molecule has 0 radical (unpaired) electrons. The van der Waals surface area contributed by atoms with Gasteiger partial charge in [-0.15, -0.1) is 0 Å². The molecule has 0 saturated carbocycles. The van der Waals surface area contributed by atoms with Gasteiger partial charge in [0.1, 0.15) is 5.82 Å². The van der Waals surface area contributed by atoms with Gasteiger partial charge >= 0.3 is 0 Å². The molecule has 2 rings (SSSR count). The zero-order chi connectivity index (χ0) is 13.8. The van der Waals surface area contributed by atoms with Crippen LogP contribution in [0.15, 0.2) is 36.5 Å². The lowest BCUT2D eigenvalue weighted by atomic mass is 10.0. The molecule has 0 amide bonds. The SMILES string of the molecule is NNC(Cc1cccc(F)c1)c1ncc(Cl)cc1Cl. The van der Waals surface area contributed by atoms with E-state index in [9.17, 15) is 4.39 Å². The monoisotopic (exact) mass is 299 g/mol. The van der Waals surface area contributed by atoms with Gasteiger partial charge in [0.25, 0.3) is 0 Å². The smallest absolute Gasteiger partial charge is 0.123 e. The standard InChI is InChI=1S/C13H12Cl2FN3/c14-9-6-11(15)13(18-7-9)12(19-17)5-8-2-1-3-10(16)4-8/h1-4,6-7,12,19H,5,17H2. The van der Waals surface area contributed by atoms with Crippen molar-refractivity contribution in [3.05, 3.63) is 63.6 Å². The molecule has 0 aliphatic rings. The number of rotatable bonds is 4. The molecule has 19 heavy (non-hydrogen) atoms. The van der Waals surface area contributed by atoms with Crippen LogP contribution in [-0.4, -0.2) is 4.98 Å². The van der Waals surface area contributed by atoms with Crippen LogP contribution in [0.2, 0.25) is 10.0 Å². The molecule has 1 atom stereocenters. The number of pyridine rings is 1. The fourth-order valence-electron chi connectivity index (χ4n) is 1.82. The third-order valence-corrected chi connectivity index (χ3v) is 3.21. The zero-order valence-electron chi connectivity index (χ0n) is 9.91. The van der Waals surface area contributed by atoms with E-state index in [1.807, 2.05) is 6.07 Å². The number of nitrogens with two attached hydrogens (primary N) is 1. The first-order chi connectivity index (χ1) is 9.10. The number of hydrogen-bond acceptors (Lipinski definition) is 3. The van der Waals surface area contributed by atoms with Gasteiger partial charge in [-0.25, -0.2) is 4.39 Å². The van der Waals surface area contributed by atoms with Gasteiger partial charge in [0.2, 0.25) is 0 Å². The van der Waals surface area contributed by atoms with E-state index in [1.165, 1.54) is 18.3 Å². The lowest BCUT2D eigenvalue weighted by Crippen LogP contribution is -2.30. The molecule has 3 nitrogen and oxygen atoms in total. The number of hydrogen-bond donors (Lipinski definition) is 2. The van der Waals surface area contributed by atoms with Gasteiger partial charge in [-0.05, 0) is 30.2 Å². The summed E-state index contributed by atoms with van der Waals surface area (Å²) in [6.07, 6.45) is 1.97. The second-order valence-electron chi connectivity index (χ2n) is 4.07. The molecule has 0 aliphatic carbocycles. The number of benzene rings is 1. The van der Waals surface area contributed by atoms with Gasteiger partial charge in [0, 0.05) is 6.20 Å². The minimum Gasteiger partial charge on any atom is -0.271 e. The molecular weight excluding hydrogens is 288 g/mol. The Morgan fingerprint density at radius 3 is 2.74 bits per heavy atom. The van der Waals surface area contributed by atoms with Gasteiger partial charge in [-0.1, -0.05) is 35.3 Å². The van der Waals surface area contributed by atoms with Crippen molar-refractivity contribution in [2.45, 2.75) is 12.5 Å². The summed E-state index contributed by atoms with van der Waals surface area (Å²) in [6.45, 7) is 0. The first kappa shape index (κ1) is 14.2. The minimum atomic E-state index is -0.313. The molecule has 1 heterocycles. The quantitative estimate of drug-likeness (QED) is 0.673. The van der Waals surface area contributed by atoms with Crippen molar-refractivity contribution in [2.24, 2.45) is 5.84 Å². The Labute approximate surface area is 120 Å². The first-order valence-corrected chi connectivity index (χ1v) is 6.37. The number of hydrazine groups is 1. The average molecular weight is 300 g/mol. The van der Waals surface area contributed by atoms with E-state index in [4.69, 9.17) is 29.0 Å². The maximum atomic E-state index is 13.1. The first-order valence-electron chi connectivity index (χ1n) is 5.61. The molecule has 0 saturated heterocycles. The second-order valence-corrected chi connectivity index (χ2v) is 4.92.